The van der Waals surface area contributed by atoms with Crippen molar-refractivity contribution >= 4 is 23.1 Å². The van der Waals surface area contributed by atoms with E-state index in [9.17, 15) is 14.4 Å². The number of benzene rings is 1. The SMILES string of the molecule is CNC(=O)NC(=O)Cn1cnc2c(nnn2Cc2ccccc2)c1=O. The summed E-state index contributed by atoms with van der Waals surface area (Å²) >= 11 is 0. The van der Waals surface area contributed by atoms with E-state index < -0.39 is 17.5 Å². The van der Waals surface area contributed by atoms with Crippen LogP contribution in [0.3, 0.4) is 0 Å². The van der Waals surface area contributed by atoms with Crippen LogP contribution in [-0.2, 0) is 17.9 Å². The predicted octanol–water partition coefficient (Wildman–Crippen LogP) is -0.508. The maximum atomic E-state index is 12.4. The van der Waals surface area contributed by atoms with Crippen LogP contribution in [0.2, 0.25) is 0 Å². The molecule has 3 aromatic rings. The maximum absolute atomic E-state index is 12.4. The number of nitrogens with one attached hydrogen (secondary N) is 2. The lowest BCUT2D eigenvalue weighted by Crippen LogP contribution is -2.40. The van der Waals surface area contributed by atoms with Gasteiger partial charge in [0.2, 0.25) is 5.91 Å². The molecule has 10 nitrogen and oxygen atoms in total. The minimum absolute atomic E-state index is 0.0613. The zero-order chi connectivity index (χ0) is 17.8. The fourth-order valence-corrected chi connectivity index (χ4v) is 2.25. The first-order valence-corrected chi connectivity index (χ1v) is 7.42. The first kappa shape index (κ1) is 16.3. The van der Waals surface area contributed by atoms with Gasteiger partial charge < -0.3 is 5.32 Å². The van der Waals surface area contributed by atoms with Crippen molar-refractivity contribution in [3.8, 4) is 0 Å². The van der Waals surface area contributed by atoms with Gasteiger partial charge in [0, 0.05) is 7.05 Å². The van der Waals surface area contributed by atoms with Crippen molar-refractivity contribution in [1.82, 2.24) is 35.2 Å². The zero-order valence-electron chi connectivity index (χ0n) is 13.3. The number of imide groups is 1. The molecule has 2 N–H and O–H groups in total. The van der Waals surface area contributed by atoms with Crippen molar-refractivity contribution in [2.75, 3.05) is 7.05 Å². The van der Waals surface area contributed by atoms with Crippen molar-refractivity contribution in [2.24, 2.45) is 0 Å². The molecule has 128 valence electrons. The predicted molar refractivity (Wildman–Crippen MR) is 87.7 cm³/mol. The van der Waals surface area contributed by atoms with Crippen LogP contribution in [0.5, 0.6) is 0 Å². The summed E-state index contributed by atoms with van der Waals surface area (Å²) < 4.78 is 2.59. The molecule has 0 saturated heterocycles. The average Bonchev–Trinajstić information content (AvgIpc) is 3.01. The van der Waals surface area contributed by atoms with Crippen molar-refractivity contribution in [3.63, 3.8) is 0 Å². The molecule has 25 heavy (non-hydrogen) atoms. The number of urea groups is 1. The lowest BCUT2D eigenvalue weighted by molar-refractivity contribution is -0.120. The van der Waals surface area contributed by atoms with Gasteiger partial charge in [-0.1, -0.05) is 35.5 Å². The van der Waals surface area contributed by atoms with Crippen molar-refractivity contribution in [1.29, 1.82) is 0 Å². The Kier molecular flexibility index (Phi) is 4.50. The van der Waals surface area contributed by atoms with Gasteiger partial charge >= 0.3 is 6.03 Å². The lowest BCUT2D eigenvalue weighted by atomic mass is 10.2. The topological polar surface area (TPSA) is 124 Å². The fourth-order valence-electron chi connectivity index (χ4n) is 2.25. The van der Waals surface area contributed by atoms with Crippen molar-refractivity contribution < 1.29 is 9.59 Å². The van der Waals surface area contributed by atoms with Gasteiger partial charge in [-0.2, -0.15) is 0 Å². The maximum Gasteiger partial charge on any atom is 0.321 e. The smallest absolute Gasteiger partial charge is 0.321 e. The second-order valence-electron chi connectivity index (χ2n) is 5.21. The number of nitrogens with zero attached hydrogens (tertiary/aromatic N) is 5. The second-order valence-corrected chi connectivity index (χ2v) is 5.21. The van der Waals surface area contributed by atoms with E-state index in [4.69, 9.17) is 0 Å². The fraction of sp³-hybridized carbons (Fsp3) is 0.200. The largest absolute Gasteiger partial charge is 0.341 e. The summed E-state index contributed by atoms with van der Waals surface area (Å²) in [6.07, 6.45) is 1.24. The van der Waals surface area contributed by atoms with E-state index in [0.717, 1.165) is 10.1 Å². The molecule has 0 aliphatic heterocycles. The third-order valence-corrected chi connectivity index (χ3v) is 3.46. The molecule has 0 unspecified atom stereocenters. The molecular weight excluding hydrogens is 326 g/mol. The number of carbonyl (C=O) groups is 2. The molecule has 10 heteroatoms. The highest BCUT2D eigenvalue weighted by Gasteiger charge is 2.14. The van der Waals surface area contributed by atoms with E-state index in [1.807, 2.05) is 30.3 Å². The number of aromatic nitrogens is 5. The number of hydrogen-bond acceptors (Lipinski definition) is 6. The van der Waals surface area contributed by atoms with Crippen LogP contribution >= 0.6 is 0 Å². The summed E-state index contributed by atoms with van der Waals surface area (Å²) in [5, 5.41) is 12.2. The number of rotatable bonds is 4. The van der Waals surface area contributed by atoms with Gasteiger partial charge in [-0.05, 0) is 5.56 Å². The number of carbonyl (C=O) groups excluding carboxylic acids is 2. The average molecular weight is 341 g/mol. The van der Waals surface area contributed by atoms with Crippen LogP contribution in [0.1, 0.15) is 5.56 Å². The Bertz CT molecular complexity index is 978. The van der Waals surface area contributed by atoms with Gasteiger partial charge in [-0.15, -0.1) is 5.10 Å². The Morgan fingerprint density at radius 1 is 1.20 bits per heavy atom. The van der Waals surface area contributed by atoms with Crippen LogP contribution in [0, 0.1) is 0 Å². The third kappa shape index (κ3) is 3.52. The molecule has 0 saturated carbocycles. The Morgan fingerprint density at radius 2 is 1.96 bits per heavy atom. The molecule has 0 bridgehead atoms. The molecule has 3 amide bonds. The summed E-state index contributed by atoms with van der Waals surface area (Å²) in [6.45, 7) is 0.0751. The van der Waals surface area contributed by atoms with Crippen LogP contribution in [-0.4, -0.2) is 43.5 Å². The molecule has 0 atom stereocenters. The van der Waals surface area contributed by atoms with Gasteiger partial charge in [0.25, 0.3) is 5.56 Å². The number of hydrogen-bond donors (Lipinski definition) is 2. The molecule has 0 fully saturated rings. The minimum Gasteiger partial charge on any atom is -0.341 e. The van der Waals surface area contributed by atoms with Gasteiger partial charge in [-0.3, -0.25) is 19.5 Å². The van der Waals surface area contributed by atoms with Crippen LogP contribution < -0.4 is 16.2 Å². The van der Waals surface area contributed by atoms with Gasteiger partial charge in [-0.25, -0.2) is 14.5 Å². The van der Waals surface area contributed by atoms with E-state index >= 15 is 0 Å². The zero-order valence-corrected chi connectivity index (χ0v) is 13.3. The quantitative estimate of drug-likeness (QED) is 0.659. The van der Waals surface area contributed by atoms with Gasteiger partial charge in [0.05, 0.1) is 6.54 Å². The summed E-state index contributed by atoms with van der Waals surface area (Å²) in [6, 6.07) is 8.92. The monoisotopic (exact) mass is 341 g/mol. The van der Waals surface area contributed by atoms with Gasteiger partial charge in [0.15, 0.2) is 11.2 Å². The molecule has 2 heterocycles. The van der Waals surface area contributed by atoms with E-state index in [2.05, 4.69) is 25.9 Å². The molecule has 0 spiro atoms. The Balaban J connectivity index is 1.85. The molecule has 0 aliphatic rings. The summed E-state index contributed by atoms with van der Waals surface area (Å²) in [7, 11) is 1.38. The molecule has 3 rings (SSSR count). The standard InChI is InChI=1S/C15H15N7O3/c1-16-15(25)18-11(23)8-21-9-17-13-12(14(21)24)19-20-22(13)7-10-5-3-2-4-6-10/h2-6,9H,7-8H2,1H3,(H2,16,18,23,25). The van der Waals surface area contributed by atoms with Crippen molar-refractivity contribution in [3.05, 3.63) is 52.6 Å². The summed E-state index contributed by atoms with van der Waals surface area (Å²) in [5.41, 5.74) is 0.879. The van der Waals surface area contributed by atoms with E-state index in [1.54, 1.807) is 0 Å². The Morgan fingerprint density at radius 3 is 2.68 bits per heavy atom. The van der Waals surface area contributed by atoms with E-state index in [1.165, 1.54) is 18.1 Å². The van der Waals surface area contributed by atoms with Crippen molar-refractivity contribution in [2.45, 2.75) is 13.1 Å². The Labute approximate surface area is 141 Å². The molecular formula is C15H15N7O3. The van der Waals surface area contributed by atoms with Crippen LogP contribution in [0.15, 0.2) is 41.5 Å². The normalized spacial score (nSPS) is 10.6. The molecule has 1 aromatic carbocycles. The minimum atomic E-state index is -0.652. The second kappa shape index (κ2) is 6.91. The lowest BCUT2D eigenvalue weighted by Gasteiger charge is -2.06. The summed E-state index contributed by atoms with van der Waals surface area (Å²) in [4.78, 5) is 39.4. The number of fused-ring (bicyclic) bond motifs is 1. The van der Waals surface area contributed by atoms with E-state index in [0.29, 0.717) is 12.2 Å². The van der Waals surface area contributed by atoms with Gasteiger partial charge in [0.1, 0.15) is 12.9 Å². The molecule has 0 aliphatic carbocycles. The van der Waals surface area contributed by atoms with Crippen LogP contribution in [0.4, 0.5) is 4.79 Å². The highest BCUT2D eigenvalue weighted by atomic mass is 16.2. The third-order valence-electron chi connectivity index (χ3n) is 3.46. The van der Waals surface area contributed by atoms with E-state index in [-0.39, 0.29) is 12.1 Å². The number of amides is 3. The highest BCUT2D eigenvalue weighted by Crippen LogP contribution is 2.07. The highest BCUT2D eigenvalue weighted by molar-refractivity contribution is 5.94. The first-order valence-electron chi connectivity index (χ1n) is 7.42. The Hall–Kier alpha value is -3.56. The first-order chi connectivity index (χ1) is 12.1. The summed E-state index contributed by atoms with van der Waals surface area (Å²) in [5.74, 6) is -0.640. The van der Waals surface area contributed by atoms with Crippen LogP contribution in [0.25, 0.3) is 11.2 Å². The molecule has 2 aromatic heterocycles. The molecule has 0 radical (unpaired) electrons.